The highest BCUT2D eigenvalue weighted by atomic mass is 16.5. The first-order chi connectivity index (χ1) is 11.5. The number of rotatable bonds is 5. The van der Waals surface area contributed by atoms with E-state index in [1.54, 1.807) is 29.2 Å². The number of hydrogen-bond acceptors (Lipinski definition) is 4. The molecule has 6 nitrogen and oxygen atoms in total. The van der Waals surface area contributed by atoms with Crippen molar-refractivity contribution < 1.29 is 19.1 Å². The fraction of sp³-hybridized carbons (Fsp3) is 0.500. The van der Waals surface area contributed by atoms with Gasteiger partial charge in [0.15, 0.2) is 0 Å². The Kier molecular flexibility index (Phi) is 6.35. The van der Waals surface area contributed by atoms with E-state index in [4.69, 9.17) is 4.74 Å². The number of carbonyl (C=O) groups excluding carboxylic acids is 3. The smallest absolute Gasteiger partial charge is 0.339 e. The minimum Gasteiger partial charge on any atom is -0.465 e. The lowest BCUT2D eigenvalue weighted by Crippen LogP contribution is -2.44. The second kappa shape index (κ2) is 8.47. The van der Waals surface area contributed by atoms with Gasteiger partial charge in [-0.1, -0.05) is 31.4 Å². The molecule has 1 aromatic rings. The zero-order valence-corrected chi connectivity index (χ0v) is 14.2. The van der Waals surface area contributed by atoms with Crippen molar-refractivity contribution in [3.05, 3.63) is 29.8 Å². The molecule has 6 heteroatoms. The van der Waals surface area contributed by atoms with Gasteiger partial charge < -0.3 is 15.0 Å². The lowest BCUT2D eigenvalue weighted by molar-refractivity contribution is -0.135. The van der Waals surface area contributed by atoms with Gasteiger partial charge >= 0.3 is 5.97 Å². The SMILES string of the molecule is COC(=O)c1ccccc1NC(=O)CN(C(C)=O)C1CCCCC1. The summed E-state index contributed by atoms with van der Waals surface area (Å²) >= 11 is 0. The van der Waals surface area contributed by atoms with Gasteiger partial charge in [-0.25, -0.2) is 4.79 Å². The van der Waals surface area contributed by atoms with Crippen molar-refractivity contribution in [2.75, 3.05) is 19.0 Å². The minimum atomic E-state index is -0.512. The summed E-state index contributed by atoms with van der Waals surface area (Å²) in [6.45, 7) is 1.49. The average molecular weight is 332 g/mol. The zero-order valence-electron chi connectivity index (χ0n) is 14.2. The zero-order chi connectivity index (χ0) is 17.5. The summed E-state index contributed by atoms with van der Waals surface area (Å²) in [5, 5.41) is 2.72. The largest absolute Gasteiger partial charge is 0.465 e. The summed E-state index contributed by atoms with van der Waals surface area (Å²) in [5.74, 6) is -0.924. The molecular formula is C18H24N2O4. The van der Waals surface area contributed by atoms with Gasteiger partial charge in [-0.3, -0.25) is 9.59 Å². The number of para-hydroxylation sites is 1. The number of methoxy groups -OCH3 is 1. The van der Waals surface area contributed by atoms with Crippen molar-refractivity contribution in [3.8, 4) is 0 Å². The lowest BCUT2D eigenvalue weighted by Gasteiger charge is -2.33. The summed E-state index contributed by atoms with van der Waals surface area (Å²) in [5.41, 5.74) is 0.682. The van der Waals surface area contributed by atoms with E-state index in [0.29, 0.717) is 11.3 Å². The first-order valence-electron chi connectivity index (χ1n) is 8.27. The summed E-state index contributed by atoms with van der Waals surface area (Å²) in [7, 11) is 1.29. The van der Waals surface area contributed by atoms with Crippen molar-refractivity contribution >= 4 is 23.5 Å². The van der Waals surface area contributed by atoms with E-state index in [1.165, 1.54) is 20.5 Å². The minimum absolute atomic E-state index is 0.00446. The Bertz CT molecular complexity index is 609. The van der Waals surface area contributed by atoms with Gasteiger partial charge in [0, 0.05) is 13.0 Å². The van der Waals surface area contributed by atoms with Crippen LogP contribution in [0.15, 0.2) is 24.3 Å². The molecule has 0 heterocycles. The molecule has 0 saturated heterocycles. The maximum atomic E-state index is 12.4. The average Bonchev–Trinajstić information content (AvgIpc) is 2.60. The van der Waals surface area contributed by atoms with E-state index in [0.717, 1.165) is 25.7 Å². The summed E-state index contributed by atoms with van der Waals surface area (Å²) < 4.78 is 4.72. The Morgan fingerprint density at radius 3 is 2.46 bits per heavy atom. The third kappa shape index (κ3) is 4.57. The second-order valence-electron chi connectivity index (χ2n) is 6.02. The van der Waals surface area contributed by atoms with Crippen LogP contribution in [0, 0.1) is 0 Å². The monoisotopic (exact) mass is 332 g/mol. The maximum absolute atomic E-state index is 12.4. The van der Waals surface area contributed by atoms with E-state index in [9.17, 15) is 14.4 Å². The Morgan fingerprint density at radius 2 is 1.83 bits per heavy atom. The molecule has 2 amide bonds. The van der Waals surface area contributed by atoms with E-state index in [2.05, 4.69) is 5.32 Å². The van der Waals surface area contributed by atoms with E-state index in [1.807, 2.05) is 0 Å². The third-order valence-corrected chi connectivity index (χ3v) is 4.34. The molecule has 0 atom stereocenters. The molecule has 130 valence electrons. The van der Waals surface area contributed by atoms with E-state index >= 15 is 0 Å². The normalized spacial score (nSPS) is 14.8. The molecule has 1 aliphatic rings. The van der Waals surface area contributed by atoms with Gasteiger partial charge in [-0.05, 0) is 25.0 Å². The number of ether oxygens (including phenoxy) is 1. The molecule has 2 rings (SSSR count). The molecule has 1 saturated carbocycles. The summed E-state index contributed by atoms with van der Waals surface area (Å²) in [4.78, 5) is 37.7. The van der Waals surface area contributed by atoms with Crippen LogP contribution in [-0.2, 0) is 14.3 Å². The van der Waals surface area contributed by atoms with Crippen molar-refractivity contribution in [2.45, 2.75) is 45.1 Å². The van der Waals surface area contributed by atoms with Gasteiger partial charge in [0.25, 0.3) is 0 Å². The molecule has 0 aromatic heterocycles. The standard InChI is InChI=1S/C18H24N2O4/c1-13(21)20(14-8-4-3-5-9-14)12-17(22)19-16-11-7-6-10-15(16)18(23)24-2/h6-7,10-11,14H,3-5,8-9,12H2,1-2H3,(H,19,22). The predicted molar refractivity (Wildman–Crippen MR) is 90.7 cm³/mol. The number of anilines is 1. The number of benzene rings is 1. The molecule has 0 radical (unpaired) electrons. The van der Waals surface area contributed by atoms with Crippen LogP contribution >= 0.6 is 0 Å². The van der Waals surface area contributed by atoms with Crippen LogP contribution in [0.4, 0.5) is 5.69 Å². The van der Waals surface area contributed by atoms with Gasteiger partial charge in [-0.2, -0.15) is 0 Å². The Labute approximate surface area is 142 Å². The van der Waals surface area contributed by atoms with Crippen molar-refractivity contribution in [1.29, 1.82) is 0 Å². The molecule has 0 bridgehead atoms. The number of nitrogens with one attached hydrogen (secondary N) is 1. The van der Waals surface area contributed by atoms with E-state index < -0.39 is 5.97 Å². The number of nitrogens with zero attached hydrogens (tertiary/aromatic N) is 1. The number of carbonyl (C=O) groups is 3. The van der Waals surface area contributed by atoms with Crippen LogP contribution in [0.5, 0.6) is 0 Å². The van der Waals surface area contributed by atoms with E-state index in [-0.39, 0.29) is 24.4 Å². The molecular weight excluding hydrogens is 308 g/mol. The molecule has 1 aliphatic carbocycles. The van der Waals surface area contributed by atoms with Gasteiger partial charge in [-0.15, -0.1) is 0 Å². The van der Waals surface area contributed by atoms with Gasteiger partial charge in [0.1, 0.15) is 6.54 Å². The predicted octanol–water partition coefficient (Wildman–Crippen LogP) is 2.59. The second-order valence-corrected chi connectivity index (χ2v) is 6.02. The Hall–Kier alpha value is -2.37. The number of hydrogen-bond donors (Lipinski definition) is 1. The lowest BCUT2D eigenvalue weighted by atomic mass is 9.94. The molecule has 0 aliphatic heterocycles. The fourth-order valence-electron chi connectivity index (χ4n) is 3.11. The van der Waals surface area contributed by atoms with Crippen LogP contribution in [0.3, 0.4) is 0 Å². The van der Waals surface area contributed by atoms with Crippen LogP contribution < -0.4 is 5.32 Å². The van der Waals surface area contributed by atoms with Crippen LogP contribution in [0.25, 0.3) is 0 Å². The summed E-state index contributed by atoms with van der Waals surface area (Å²) in [6.07, 6.45) is 5.22. The molecule has 24 heavy (non-hydrogen) atoms. The van der Waals surface area contributed by atoms with Crippen LogP contribution in [0.2, 0.25) is 0 Å². The molecule has 1 N–H and O–H groups in total. The topological polar surface area (TPSA) is 75.7 Å². The number of esters is 1. The fourth-order valence-corrected chi connectivity index (χ4v) is 3.11. The van der Waals surface area contributed by atoms with Crippen LogP contribution in [-0.4, -0.2) is 42.4 Å². The molecule has 1 aromatic carbocycles. The number of amides is 2. The highest BCUT2D eigenvalue weighted by Gasteiger charge is 2.25. The van der Waals surface area contributed by atoms with Crippen molar-refractivity contribution in [1.82, 2.24) is 4.90 Å². The Balaban J connectivity index is 2.06. The maximum Gasteiger partial charge on any atom is 0.339 e. The summed E-state index contributed by atoms with van der Waals surface area (Å²) in [6, 6.07) is 6.78. The Morgan fingerprint density at radius 1 is 1.17 bits per heavy atom. The third-order valence-electron chi connectivity index (χ3n) is 4.34. The van der Waals surface area contributed by atoms with Crippen molar-refractivity contribution in [2.24, 2.45) is 0 Å². The first-order valence-corrected chi connectivity index (χ1v) is 8.27. The van der Waals surface area contributed by atoms with Gasteiger partial charge in [0.2, 0.25) is 11.8 Å². The van der Waals surface area contributed by atoms with Gasteiger partial charge in [0.05, 0.1) is 18.4 Å². The highest BCUT2D eigenvalue weighted by Crippen LogP contribution is 2.23. The highest BCUT2D eigenvalue weighted by molar-refractivity contribution is 6.02. The quantitative estimate of drug-likeness (QED) is 0.841. The molecule has 0 spiro atoms. The van der Waals surface area contributed by atoms with Crippen molar-refractivity contribution in [3.63, 3.8) is 0 Å². The van der Waals surface area contributed by atoms with Crippen LogP contribution in [0.1, 0.15) is 49.4 Å². The first kappa shape index (κ1) is 18.0. The molecule has 1 fully saturated rings. The molecule has 0 unspecified atom stereocenters.